The number of halogens is 2. The van der Waals surface area contributed by atoms with Crippen molar-refractivity contribution in [2.24, 2.45) is 17.6 Å². The fourth-order valence-electron chi connectivity index (χ4n) is 2.71. The monoisotopic (exact) mass is 410 g/mol. The summed E-state index contributed by atoms with van der Waals surface area (Å²) in [4.78, 5) is 0.0527. The molecule has 2 fully saturated rings. The Bertz CT molecular complexity index is 677. The van der Waals surface area contributed by atoms with Gasteiger partial charge in [0.25, 0.3) is 0 Å². The first-order valence-electron chi connectivity index (χ1n) is 8.21. The van der Waals surface area contributed by atoms with Crippen molar-refractivity contribution < 1.29 is 17.9 Å². The predicted octanol–water partition coefficient (Wildman–Crippen LogP) is 2.19. The summed E-state index contributed by atoms with van der Waals surface area (Å²) in [5, 5.41) is 0.346. The van der Waals surface area contributed by atoms with Crippen molar-refractivity contribution in [3.05, 3.63) is 23.2 Å². The van der Waals surface area contributed by atoms with Gasteiger partial charge in [0, 0.05) is 30.1 Å². The van der Waals surface area contributed by atoms with Gasteiger partial charge in [-0.2, -0.15) is 0 Å². The van der Waals surface area contributed by atoms with Crippen LogP contribution < -0.4 is 15.2 Å². The largest absolute Gasteiger partial charge is 0.492 e. The van der Waals surface area contributed by atoms with Crippen LogP contribution in [0.15, 0.2) is 23.1 Å². The number of rotatable bonds is 8. The molecule has 2 aliphatic rings. The van der Waals surface area contributed by atoms with E-state index in [2.05, 4.69) is 4.72 Å². The van der Waals surface area contributed by atoms with Crippen molar-refractivity contribution in [2.45, 2.75) is 30.2 Å². The summed E-state index contributed by atoms with van der Waals surface area (Å²) in [6, 6.07) is 4.47. The summed E-state index contributed by atoms with van der Waals surface area (Å²) >= 11 is 5.98. The molecule has 0 aromatic heterocycles. The van der Waals surface area contributed by atoms with Gasteiger partial charge in [0.05, 0.1) is 13.2 Å². The van der Waals surface area contributed by atoms with Gasteiger partial charge in [-0.25, -0.2) is 13.1 Å². The second-order valence-electron chi connectivity index (χ2n) is 6.48. The first-order chi connectivity index (χ1) is 11.5. The van der Waals surface area contributed by atoms with Gasteiger partial charge in [-0.1, -0.05) is 11.6 Å². The van der Waals surface area contributed by atoms with E-state index >= 15 is 0 Å². The smallest absolute Gasteiger partial charge is 0.244 e. The molecule has 0 bridgehead atoms. The Labute approximate surface area is 159 Å². The third-order valence-electron chi connectivity index (χ3n) is 4.43. The van der Waals surface area contributed by atoms with Gasteiger partial charge in [-0.05, 0) is 43.4 Å². The van der Waals surface area contributed by atoms with Crippen LogP contribution in [0.25, 0.3) is 0 Å². The first kappa shape index (κ1) is 20.7. The number of hydrogen-bond donors (Lipinski definition) is 2. The number of ether oxygens (including phenoxy) is 2. The predicted molar refractivity (Wildman–Crippen MR) is 99.0 cm³/mol. The molecular weight excluding hydrogens is 387 g/mol. The van der Waals surface area contributed by atoms with Crippen molar-refractivity contribution in [3.63, 3.8) is 0 Å². The van der Waals surface area contributed by atoms with Crippen LogP contribution >= 0.6 is 24.0 Å². The molecule has 6 nitrogen and oxygen atoms in total. The van der Waals surface area contributed by atoms with Crippen molar-refractivity contribution in [3.8, 4) is 5.75 Å². The molecule has 1 aromatic rings. The van der Waals surface area contributed by atoms with Crippen LogP contribution in [-0.2, 0) is 14.8 Å². The Kier molecular flexibility index (Phi) is 7.37. The molecule has 3 rings (SSSR count). The molecule has 1 aliphatic carbocycles. The summed E-state index contributed by atoms with van der Waals surface area (Å²) in [6.45, 7) is 2.01. The standard InChI is InChI=1S/C16H23ClN2O4S.ClH/c17-13-3-4-15(23-10-11-5-6-22-9-11)16(7-13)24(20,21)19-8-14(18)12-1-2-12;/h3-4,7,11-12,14,19H,1-2,5-6,8-10,18H2;1H. The Morgan fingerprint density at radius 1 is 1.36 bits per heavy atom. The topological polar surface area (TPSA) is 90.7 Å². The van der Waals surface area contributed by atoms with Gasteiger partial charge in [0.2, 0.25) is 10.0 Å². The lowest BCUT2D eigenvalue weighted by molar-refractivity contribution is 0.166. The van der Waals surface area contributed by atoms with E-state index in [9.17, 15) is 8.42 Å². The Hall–Kier alpha value is -0.570. The maximum absolute atomic E-state index is 12.6. The lowest BCUT2D eigenvalue weighted by atomic mass is 10.1. The maximum atomic E-state index is 12.6. The maximum Gasteiger partial charge on any atom is 0.244 e. The molecule has 0 spiro atoms. The van der Waals surface area contributed by atoms with Crippen molar-refractivity contribution in [1.29, 1.82) is 0 Å². The zero-order valence-electron chi connectivity index (χ0n) is 13.8. The van der Waals surface area contributed by atoms with Gasteiger partial charge >= 0.3 is 0 Å². The number of hydrogen-bond acceptors (Lipinski definition) is 5. The molecule has 1 aromatic carbocycles. The fraction of sp³-hybridized carbons (Fsp3) is 0.625. The van der Waals surface area contributed by atoms with Crippen molar-refractivity contribution in [2.75, 3.05) is 26.4 Å². The lowest BCUT2D eigenvalue weighted by Crippen LogP contribution is -2.38. The normalized spacial score (nSPS) is 21.6. The number of nitrogens with one attached hydrogen (secondary N) is 1. The van der Waals surface area contributed by atoms with Crippen LogP contribution in [0, 0.1) is 11.8 Å². The highest BCUT2D eigenvalue weighted by molar-refractivity contribution is 7.89. The van der Waals surface area contributed by atoms with Crippen molar-refractivity contribution >= 4 is 34.0 Å². The molecule has 1 saturated heterocycles. The molecule has 2 unspecified atom stereocenters. The van der Waals surface area contributed by atoms with E-state index in [0.717, 1.165) is 25.9 Å². The minimum absolute atomic E-state index is 0. The third-order valence-corrected chi connectivity index (χ3v) is 6.11. The van der Waals surface area contributed by atoms with Crippen molar-refractivity contribution in [1.82, 2.24) is 4.72 Å². The van der Waals surface area contributed by atoms with E-state index in [1.54, 1.807) is 12.1 Å². The lowest BCUT2D eigenvalue weighted by Gasteiger charge is -2.16. The second kappa shape index (κ2) is 8.88. The molecule has 0 amide bonds. The minimum atomic E-state index is -3.73. The molecule has 1 saturated carbocycles. The summed E-state index contributed by atoms with van der Waals surface area (Å²) in [5.74, 6) is 1.01. The Morgan fingerprint density at radius 3 is 2.76 bits per heavy atom. The molecule has 9 heteroatoms. The summed E-state index contributed by atoms with van der Waals surface area (Å²) < 4.78 is 38.9. The fourth-order valence-corrected chi connectivity index (χ4v) is 4.19. The van der Waals surface area contributed by atoms with Crippen LogP contribution in [0.3, 0.4) is 0 Å². The SMILES string of the molecule is Cl.NC(CNS(=O)(=O)c1cc(Cl)ccc1OCC1CCOC1)C1CC1. The summed E-state index contributed by atoms with van der Waals surface area (Å²) in [5.41, 5.74) is 5.98. The molecule has 2 atom stereocenters. The Morgan fingerprint density at radius 2 is 2.12 bits per heavy atom. The number of nitrogens with two attached hydrogens (primary N) is 1. The second-order valence-corrected chi connectivity index (χ2v) is 8.66. The Balaban J connectivity index is 0.00000225. The number of benzene rings is 1. The molecule has 142 valence electrons. The van der Waals surface area contributed by atoms with Crippen LogP contribution in [0.1, 0.15) is 19.3 Å². The third kappa shape index (κ3) is 5.70. The average molecular weight is 411 g/mol. The van der Waals surface area contributed by atoms with E-state index in [1.807, 2.05) is 0 Å². The molecule has 1 heterocycles. The van der Waals surface area contributed by atoms with Crippen LogP contribution in [0.4, 0.5) is 0 Å². The quantitative estimate of drug-likeness (QED) is 0.685. The molecule has 1 aliphatic heterocycles. The highest BCUT2D eigenvalue weighted by Gasteiger charge is 2.30. The van der Waals surface area contributed by atoms with Gasteiger partial charge in [-0.15, -0.1) is 12.4 Å². The van der Waals surface area contributed by atoms with E-state index in [0.29, 0.717) is 29.9 Å². The van der Waals surface area contributed by atoms with Crippen LogP contribution in [0.2, 0.25) is 5.02 Å². The number of sulfonamides is 1. The first-order valence-corrected chi connectivity index (χ1v) is 10.1. The van der Waals surface area contributed by atoms with Crippen LogP contribution in [-0.4, -0.2) is 40.8 Å². The average Bonchev–Trinajstić information content (AvgIpc) is 3.28. The van der Waals surface area contributed by atoms with Gasteiger partial charge in [-0.3, -0.25) is 0 Å². The highest BCUT2D eigenvalue weighted by Crippen LogP contribution is 2.32. The van der Waals surface area contributed by atoms with E-state index in [4.69, 9.17) is 26.8 Å². The van der Waals surface area contributed by atoms with Gasteiger partial charge < -0.3 is 15.2 Å². The molecule has 25 heavy (non-hydrogen) atoms. The zero-order valence-corrected chi connectivity index (χ0v) is 16.2. The van der Waals surface area contributed by atoms with E-state index in [-0.39, 0.29) is 35.8 Å². The molecule has 0 radical (unpaired) electrons. The summed E-state index contributed by atoms with van der Waals surface area (Å²) in [7, 11) is -3.73. The summed E-state index contributed by atoms with van der Waals surface area (Å²) in [6.07, 6.45) is 3.06. The van der Waals surface area contributed by atoms with E-state index in [1.165, 1.54) is 6.07 Å². The van der Waals surface area contributed by atoms with Crippen LogP contribution in [0.5, 0.6) is 5.75 Å². The highest BCUT2D eigenvalue weighted by atomic mass is 35.5. The minimum Gasteiger partial charge on any atom is -0.492 e. The van der Waals surface area contributed by atoms with E-state index < -0.39 is 10.0 Å². The zero-order chi connectivity index (χ0) is 17.2. The van der Waals surface area contributed by atoms with Gasteiger partial charge in [0.15, 0.2) is 0 Å². The van der Waals surface area contributed by atoms with Gasteiger partial charge in [0.1, 0.15) is 10.6 Å². The molecule has 3 N–H and O–H groups in total. The molecular formula is C16H24Cl2N2O4S.